The van der Waals surface area contributed by atoms with Gasteiger partial charge >= 0.3 is 0 Å². The molecule has 12 heavy (non-hydrogen) atoms. The Hall–Kier alpha value is -1.00. The minimum atomic E-state index is -1.04. The molecule has 2 atom stereocenters. The zero-order valence-electron chi connectivity index (χ0n) is 6.91. The quantitative estimate of drug-likeness (QED) is 0.469. The van der Waals surface area contributed by atoms with E-state index in [4.69, 9.17) is 15.3 Å². The van der Waals surface area contributed by atoms with Crippen LogP contribution in [0.2, 0.25) is 0 Å². The van der Waals surface area contributed by atoms with Crippen LogP contribution in [0.1, 0.15) is 13.3 Å². The van der Waals surface area contributed by atoms with E-state index in [1.807, 2.05) is 0 Å². The van der Waals surface area contributed by atoms with Crippen molar-refractivity contribution in [3.63, 3.8) is 0 Å². The zero-order valence-corrected chi connectivity index (χ0v) is 6.91. The lowest BCUT2D eigenvalue weighted by molar-refractivity contribution is 0.138. The van der Waals surface area contributed by atoms with Gasteiger partial charge in [-0.1, -0.05) is 18.8 Å². The predicted molar refractivity (Wildman–Crippen MR) is 44.9 cm³/mol. The Kier molecular flexibility index (Phi) is 6.14. The second-order valence-electron chi connectivity index (χ2n) is 2.16. The second-order valence-corrected chi connectivity index (χ2v) is 2.16. The van der Waals surface area contributed by atoms with Crippen molar-refractivity contribution in [2.24, 2.45) is 0 Å². The molecule has 0 aromatic carbocycles. The van der Waals surface area contributed by atoms with E-state index in [1.165, 1.54) is 0 Å². The lowest BCUT2D eigenvalue weighted by Gasteiger charge is -1.92. The first kappa shape index (κ1) is 11.0. The molecule has 0 aliphatic rings. The van der Waals surface area contributed by atoms with Crippen LogP contribution in [0.3, 0.4) is 0 Å². The molecule has 0 saturated heterocycles. The Morgan fingerprint density at radius 2 is 1.58 bits per heavy atom. The van der Waals surface area contributed by atoms with Crippen molar-refractivity contribution >= 4 is 0 Å². The molecule has 0 heterocycles. The summed E-state index contributed by atoms with van der Waals surface area (Å²) in [5.74, 6) is 9.42. The van der Waals surface area contributed by atoms with Crippen molar-refractivity contribution < 1.29 is 15.3 Å². The van der Waals surface area contributed by atoms with Crippen LogP contribution in [0.4, 0.5) is 0 Å². The van der Waals surface area contributed by atoms with Crippen LogP contribution in [0.15, 0.2) is 0 Å². The Morgan fingerprint density at radius 3 is 2.00 bits per heavy atom. The summed E-state index contributed by atoms with van der Waals surface area (Å²) in [6.07, 6.45) is -1.15. The molecule has 0 bridgehead atoms. The van der Waals surface area contributed by atoms with E-state index < -0.39 is 18.8 Å². The van der Waals surface area contributed by atoms with Crippen molar-refractivity contribution in [2.45, 2.75) is 25.6 Å². The maximum absolute atomic E-state index is 8.93. The molecule has 0 spiro atoms. The largest absolute Gasteiger partial charge is 0.393 e. The topological polar surface area (TPSA) is 60.7 Å². The normalized spacial score (nSPS) is 13.3. The van der Waals surface area contributed by atoms with Gasteiger partial charge in [0, 0.05) is 0 Å². The Balaban J connectivity index is 3.88. The maximum atomic E-state index is 8.93. The van der Waals surface area contributed by atoms with Gasteiger partial charge in [-0.05, 0) is 18.3 Å². The standard InChI is InChI=1S/C9H12O3/c1-2-8(11)5-3-4-6-9(12)7-10/h8-12H,2,7H2,1H3/t8-,9+/m1/s1. The maximum Gasteiger partial charge on any atom is 0.138 e. The first-order valence-corrected chi connectivity index (χ1v) is 3.68. The average molecular weight is 168 g/mol. The fourth-order valence-corrected chi connectivity index (χ4v) is 0.386. The Labute approximate surface area is 72.0 Å². The predicted octanol–water partition coefficient (Wildman–Crippen LogP) is -0.883. The summed E-state index contributed by atoms with van der Waals surface area (Å²) < 4.78 is 0. The number of hydrogen-bond donors (Lipinski definition) is 3. The van der Waals surface area contributed by atoms with Crippen molar-refractivity contribution in [1.82, 2.24) is 0 Å². The third kappa shape index (κ3) is 5.76. The molecule has 0 radical (unpaired) electrons. The molecule has 0 rings (SSSR count). The number of hydrogen-bond acceptors (Lipinski definition) is 3. The van der Waals surface area contributed by atoms with Crippen molar-refractivity contribution in [3.05, 3.63) is 0 Å². The highest BCUT2D eigenvalue weighted by atomic mass is 16.3. The van der Waals surface area contributed by atoms with Crippen LogP contribution in [0.25, 0.3) is 0 Å². The molecule has 0 fully saturated rings. The highest BCUT2D eigenvalue weighted by Crippen LogP contribution is 1.84. The summed E-state index contributed by atoms with van der Waals surface area (Å²) in [7, 11) is 0. The van der Waals surface area contributed by atoms with Gasteiger partial charge in [0.1, 0.15) is 12.2 Å². The van der Waals surface area contributed by atoms with Crippen LogP contribution in [-0.4, -0.2) is 34.1 Å². The van der Waals surface area contributed by atoms with E-state index in [0.717, 1.165) is 0 Å². The van der Waals surface area contributed by atoms with Crippen LogP contribution >= 0.6 is 0 Å². The molecule has 0 aromatic rings. The molecule has 0 aliphatic carbocycles. The molecular weight excluding hydrogens is 156 g/mol. The third-order valence-corrected chi connectivity index (χ3v) is 1.10. The number of aliphatic hydroxyl groups excluding tert-OH is 3. The fourth-order valence-electron chi connectivity index (χ4n) is 0.386. The molecule has 3 nitrogen and oxygen atoms in total. The Morgan fingerprint density at radius 1 is 1.08 bits per heavy atom. The van der Waals surface area contributed by atoms with Gasteiger partial charge in [-0.2, -0.15) is 0 Å². The lowest BCUT2D eigenvalue weighted by atomic mass is 10.3. The van der Waals surface area contributed by atoms with E-state index in [2.05, 4.69) is 23.7 Å². The number of aliphatic hydroxyl groups is 3. The molecule has 66 valence electrons. The molecule has 0 aromatic heterocycles. The monoisotopic (exact) mass is 168 g/mol. The summed E-state index contributed by atoms with van der Waals surface area (Å²) in [5, 5.41) is 26.0. The smallest absolute Gasteiger partial charge is 0.138 e. The molecule has 3 N–H and O–H groups in total. The van der Waals surface area contributed by atoms with Crippen LogP contribution in [0.5, 0.6) is 0 Å². The summed E-state index contributed by atoms with van der Waals surface area (Å²) in [6.45, 7) is 1.40. The summed E-state index contributed by atoms with van der Waals surface area (Å²) in [5.41, 5.74) is 0. The third-order valence-electron chi connectivity index (χ3n) is 1.10. The van der Waals surface area contributed by atoms with E-state index in [0.29, 0.717) is 6.42 Å². The average Bonchev–Trinajstić information content (AvgIpc) is 2.11. The van der Waals surface area contributed by atoms with Gasteiger partial charge in [0.05, 0.1) is 6.61 Å². The zero-order chi connectivity index (χ0) is 9.40. The van der Waals surface area contributed by atoms with Gasteiger partial charge in [0.25, 0.3) is 0 Å². The summed E-state index contributed by atoms with van der Waals surface area (Å²) in [4.78, 5) is 0. The molecule has 0 saturated carbocycles. The van der Waals surface area contributed by atoms with Crippen molar-refractivity contribution in [3.8, 4) is 23.7 Å². The van der Waals surface area contributed by atoms with Gasteiger partial charge < -0.3 is 15.3 Å². The molecule has 0 amide bonds. The Bertz CT molecular complexity index is 200. The minimum absolute atomic E-state index is 0.398. The highest BCUT2D eigenvalue weighted by molar-refractivity contribution is 5.28. The van der Waals surface area contributed by atoms with Gasteiger partial charge in [-0.3, -0.25) is 0 Å². The van der Waals surface area contributed by atoms with Crippen LogP contribution < -0.4 is 0 Å². The molecule has 0 aliphatic heterocycles. The summed E-state index contributed by atoms with van der Waals surface area (Å²) in [6, 6.07) is 0. The van der Waals surface area contributed by atoms with Gasteiger partial charge in [-0.15, -0.1) is 0 Å². The first-order chi connectivity index (χ1) is 5.70. The molecular formula is C9H12O3. The number of rotatable bonds is 2. The van der Waals surface area contributed by atoms with E-state index in [-0.39, 0.29) is 0 Å². The van der Waals surface area contributed by atoms with Crippen LogP contribution in [0, 0.1) is 23.7 Å². The molecule has 0 unspecified atom stereocenters. The second kappa shape index (κ2) is 6.69. The van der Waals surface area contributed by atoms with Gasteiger partial charge in [0.2, 0.25) is 0 Å². The fraction of sp³-hybridized carbons (Fsp3) is 0.556. The van der Waals surface area contributed by atoms with E-state index in [1.54, 1.807) is 6.92 Å². The summed E-state index contributed by atoms with van der Waals surface area (Å²) >= 11 is 0. The first-order valence-electron chi connectivity index (χ1n) is 3.68. The lowest BCUT2D eigenvalue weighted by Crippen LogP contribution is -2.07. The molecule has 3 heteroatoms. The SMILES string of the molecule is CC[C@@H](O)C#CC#C[C@H](O)CO. The minimum Gasteiger partial charge on any atom is -0.393 e. The van der Waals surface area contributed by atoms with E-state index in [9.17, 15) is 0 Å². The van der Waals surface area contributed by atoms with Gasteiger partial charge in [-0.25, -0.2) is 0 Å². The van der Waals surface area contributed by atoms with Crippen molar-refractivity contribution in [1.29, 1.82) is 0 Å². The van der Waals surface area contributed by atoms with Crippen molar-refractivity contribution in [2.75, 3.05) is 6.61 Å². The van der Waals surface area contributed by atoms with Crippen LogP contribution in [-0.2, 0) is 0 Å². The highest BCUT2D eigenvalue weighted by Gasteiger charge is 1.91. The van der Waals surface area contributed by atoms with E-state index >= 15 is 0 Å². The van der Waals surface area contributed by atoms with Gasteiger partial charge in [0.15, 0.2) is 0 Å².